The van der Waals surface area contributed by atoms with Gasteiger partial charge < -0.3 is 9.84 Å². The molecule has 0 amide bonds. The standard InChI is InChI=1S/C29H33N3O5S/c1-4-37-22-13-15-23(16-14-22)38(35,36)31-18-21(17-20-9-5-6-10-20)26(19-31)32-25-12-8-7-11-24(25)27(30-32)29(2,3)28(33)34/h5-9,11-16,21,26H,4,10,17-19H2,1-3H3,(H,33,34)/t21-,26+/m1/s1. The molecule has 2 aromatic carbocycles. The summed E-state index contributed by atoms with van der Waals surface area (Å²) >= 11 is 0. The number of nitrogens with zero attached hydrogens (tertiary/aromatic N) is 3. The number of aromatic nitrogens is 2. The Morgan fingerprint density at radius 2 is 1.87 bits per heavy atom. The lowest BCUT2D eigenvalue weighted by Crippen LogP contribution is -2.30. The van der Waals surface area contributed by atoms with Gasteiger partial charge in [-0.05, 0) is 63.9 Å². The number of aliphatic carboxylic acids is 1. The van der Waals surface area contributed by atoms with Gasteiger partial charge in [-0.15, -0.1) is 0 Å². The zero-order valence-electron chi connectivity index (χ0n) is 21.9. The molecule has 2 heterocycles. The van der Waals surface area contributed by atoms with Crippen LogP contribution in [0.5, 0.6) is 5.75 Å². The average Bonchev–Trinajstić information content (AvgIpc) is 3.64. The fraction of sp³-hybridized carbons (Fsp3) is 0.379. The molecule has 1 saturated heterocycles. The topological polar surface area (TPSA) is 102 Å². The number of fused-ring (bicyclic) bond motifs is 1. The van der Waals surface area contributed by atoms with Gasteiger partial charge in [0.15, 0.2) is 0 Å². The Kier molecular flexibility index (Phi) is 6.92. The Bertz CT molecular complexity index is 1520. The average molecular weight is 536 g/mol. The van der Waals surface area contributed by atoms with Gasteiger partial charge in [-0.3, -0.25) is 9.48 Å². The summed E-state index contributed by atoms with van der Waals surface area (Å²) in [6.07, 6.45) is 7.82. The minimum absolute atomic E-state index is 0.0253. The fourth-order valence-corrected chi connectivity index (χ4v) is 6.91. The maximum atomic E-state index is 13.7. The van der Waals surface area contributed by atoms with E-state index in [4.69, 9.17) is 9.84 Å². The molecule has 1 N–H and O–H groups in total. The Morgan fingerprint density at radius 3 is 2.53 bits per heavy atom. The van der Waals surface area contributed by atoms with Gasteiger partial charge in [0.1, 0.15) is 11.2 Å². The summed E-state index contributed by atoms with van der Waals surface area (Å²) in [5.74, 6) is -0.360. The van der Waals surface area contributed by atoms with E-state index >= 15 is 0 Å². The smallest absolute Gasteiger partial charge is 0.315 e. The van der Waals surface area contributed by atoms with Gasteiger partial charge >= 0.3 is 5.97 Å². The van der Waals surface area contributed by atoms with Crippen LogP contribution in [0.1, 0.15) is 45.3 Å². The zero-order chi connectivity index (χ0) is 27.1. The Balaban J connectivity index is 1.55. The van der Waals surface area contributed by atoms with Crippen molar-refractivity contribution in [2.24, 2.45) is 5.92 Å². The third-order valence-corrected chi connectivity index (χ3v) is 9.42. The highest BCUT2D eigenvalue weighted by molar-refractivity contribution is 7.89. The molecule has 2 atom stereocenters. The van der Waals surface area contributed by atoms with Gasteiger partial charge in [0.25, 0.3) is 0 Å². The number of ether oxygens (including phenoxy) is 1. The van der Waals surface area contributed by atoms with E-state index in [1.807, 2.05) is 41.9 Å². The molecule has 0 unspecified atom stereocenters. The third-order valence-electron chi connectivity index (χ3n) is 7.57. The molecule has 38 heavy (non-hydrogen) atoms. The van der Waals surface area contributed by atoms with Crippen molar-refractivity contribution in [1.29, 1.82) is 0 Å². The van der Waals surface area contributed by atoms with Gasteiger partial charge in [0.2, 0.25) is 10.0 Å². The lowest BCUT2D eigenvalue weighted by atomic mass is 9.87. The second-order valence-corrected chi connectivity index (χ2v) is 12.4. The van der Waals surface area contributed by atoms with Crippen LogP contribution >= 0.6 is 0 Å². The summed E-state index contributed by atoms with van der Waals surface area (Å²) in [5.41, 5.74) is 1.34. The molecule has 9 heteroatoms. The Hall–Kier alpha value is -3.43. The molecule has 1 aromatic heterocycles. The first-order valence-electron chi connectivity index (χ1n) is 12.9. The molecule has 2 aliphatic rings. The third kappa shape index (κ3) is 4.65. The van der Waals surface area contributed by atoms with Crippen molar-refractivity contribution in [2.45, 2.75) is 50.0 Å². The van der Waals surface area contributed by atoms with Crippen LogP contribution in [0.3, 0.4) is 0 Å². The summed E-state index contributed by atoms with van der Waals surface area (Å²) in [6, 6.07) is 13.9. The van der Waals surface area contributed by atoms with Crippen LogP contribution in [0, 0.1) is 5.92 Å². The molecule has 1 aliphatic carbocycles. The summed E-state index contributed by atoms with van der Waals surface area (Å²) in [6.45, 7) is 6.29. The molecule has 1 aliphatic heterocycles. The molecule has 3 aromatic rings. The first kappa shape index (κ1) is 26.2. The van der Waals surface area contributed by atoms with Crippen LogP contribution in [0.25, 0.3) is 10.9 Å². The van der Waals surface area contributed by atoms with Crippen molar-refractivity contribution in [3.8, 4) is 5.75 Å². The number of carboxylic acids is 1. The van der Waals surface area contributed by atoms with Crippen molar-refractivity contribution in [3.63, 3.8) is 0 Å². The SMILES string of the molecule is CCOc1ccc(S(=O)(=O)N2C[C@@H](CC3=CC=CC3)[C@@H](n3nc(C(C)(C)C(=O)O)c4ccccc43)C2)cc1. The molecule has 1 fully saturated rings. The molecule has 200 valence electrons. The second-order valence-electron chi connectivity index (χ2n) is 10.5. The van der Waals surface area contributed by atoms with Gasteiger partial charge in [-0.25, -0.2) is 8.42 Å². The Morgan fingerprint density at radius 1 is 1.13 bits per heavy atom. The van der Waals surface area contributed by atoms with Crippen molar-refractivity contribution in [3.05, 3.63) is 78.0 Å². The predicted molar refractivity (Wildman–Crippen MR) is 146 cm³/mol. The first-order valence-corrected chi connectivity index (χ1v) is 14.4. The molecule has 0 bridgehead atoms. The van der Waals surface area contributed by atoms with Crippen LogP contribution in [-0.4, -0.2) is 53.3 Å². The molecule has 5 rings (SSSR count). The summed E-state index contributed by atoms with van der Waals surface area (Å²) in [5, 5.41) is 15.6. The monoisotopic (exact) mass is 535 g/mol. The van der Waals surface area contributed by atoms with Crippen molar-refractivity contribution < 1.29 is 23.1 Å². The number of para-hydroxylation sites is 1. The first-order chi connectivity index (χ1) is 18.1. The largest absolute Gasteiger partial charge is 0.494 e. The lowest BCUT2D eigenvalue weighted by Gasteiger charge is -2.21. The van der Waals surface area contributed by atoms with Crippen LogP contribution in [0.2, 0.25) is 0 Å². The number of hydrogen-bond acceptors (Lipinski definition) is 5. The number of carboxylic acid groups (broad SMARTS) is 1. The number of rotatable bonds is 9. The second kappa shape index (κ2) is 10.0. The fourth-order valence-electron chi connectivity index (χ4n) is 5.40. The van der Waals surface area contributed by atoms with Crippen LogP contribution < -0.4 is 4.74 Å². The minimum atomic E-state index is -3.76. The number of carbonyl (C=O) groups is 1. The number of hydrogen-bond donors (Lipinski definition) is 1. The predicted octanol–water partition coefficient (Wildman–Crippen LogP) is 4.94. The normalized spacial score (nSPS) is 20.2. The lowest BCUT2D eigenvalue weighted by molar-refractivity contribution is -0.142. The highest BCUT2D eigenvalue weighted by atomic mass is 32.2. The van der Waals surface area contributed by atoms with Crippen LogP contribution in [-0.2, 0) is 20.2 Å². The van der Waals surface area contributed by atoms with E-state index < -0.39 is 21.4 Å². The Labute approximate surface area is 223 Å². The van der Waals surface area contributed by atoms with E-state index in [2.05, 4.69) is 12.2 Å². The van der Waals surface area contributed by atoms with E-state index in [9.17, 15) is 18.3 Å². The molecule has 0 saturated carbocycles. The van der Waals surface area contributed by atoms with E-state index in [0.29, 0.717) is 24.6 Å². The number of sulfonamides is 1. The molecule has 0 radical (unpaired) electrons. The number of benzene rings is 2. The van der Waals surface area contributed by atoms with Gasteiger partial charge in [-0.1, -0.05) is 42.0 Å². The maximum Gasteiger partial charge on any atom is 0.315 e. The quantitative estimate of drug-likeness (QED) is 0.417. The van der Waals surface area contributed by atoms with E-state index in [1.54, 1.807) is 42.4 Å². The van der Waals surface area contributed by atoms with E-state index in [-0.39, 0.29) is 23.4 Å². The molecule has 8 nitrogen and oxygen atoms in total. The van der Waals surface area contributed by atoms with Crippen molar-refractivity contribution >= 4 is 26.9 Å². The zero-order valence-corrected chi connectivity index (χ0v) is 22.7. The van der Waals surface area contributed by atoms with Crippen molar-refractivity contribution in [2.75, 3.05) is 19.7 Å². The van der Waals surface area contributed by atoms with Crippen LogP contribution in [0.15, 0.2) is 77.2 Å². The highest BCUT2D eigenvalue weighted by Crippen LogP contribution is 2.40. The van der Waals surface area contributed by atoms with Gasteiger partial charge in [-0.2, -0.15) is 9.40 Å². The van der Waals surface area contributed by atoms with Crippen LogP contribution in [0.4, 0.5) is 0 Å². The van der Waals surface area contributed by atoms with Crippen molar-refractivity contribution in [1.82, 2.24) is 14.1 Å². The number of allylic oxidation sites excluding steroid dienone is 4. The summed E-state index contributed by atoms with van der Waals surface area (Å²) in [7, 11) is -3.76. The van der Waals surface area contributed by atoms with Gasteiger partial charge in [0, 0.05) is 24.4 Å². The minimum Gasteiger partial charge on any atom is -0.494 e. The highest BCUT2D eigenvalue weighted by Gasteiger charge is 2.43. The van der Waals surface area contributed by atoms with E-state index in [0.717, 1.165) is 23.7 Å². The molecular weight excluding hydrogens is 502 g/mol. The summed E-state index contributed by atoms with van der Waals surface area (Å²) < 4.78 is 36.4. The van der Waals surface area contributed by atoms with Gasteiger partial charge in [0.05, 0.1) is 28.8 Å². The maximum absolute atomic E-state index is 13.7. The summed E-state index contributed by atoms with van der Waals surface area (Å²) in [4.78, 5) is 12.4. The van der Waals surface area contributed by atoms with E-state index in [1.165, 1.54) is 5.57 Å². The molecular formula is C29H33N3O5S. The molecule has 0 spiro atoms.